The smallest absolute Gasteiger partial charge is 0.220 e. The Labute approximate surface area is 186 Å². The first-order valence-electron chi connectivity index (χ1n) is 10.5. The van der Waals surface area contributed by atoms with Crippen molar-refractivity contribution in [2.45, 2.75) is 39.3 Å². The van der Waals surface area contributed by atoms with E-state index in [1.807, 2.05) is 48.5 Å². The minimum absolute atomic E-state index is 0. The largest absolute Gasteiger partial charge is 0.493 e. The van der Waals surface area contributed by atoms with Gasteiger partial charge in [0.2, 0.25) is 5.91 Å². The first-order valence-corrected chi connectivity index (χ1v) is 10.5. The van der Waals surface area contributed by atoms with Crippen LogP contribution in [0, 0.1) is 11.8 Å². The van der Waals surface area contributed by atoms with E-state index in [0.29, 0.717) is 42.9 Å². The van der Waals surface area contributed by atoms with Crippen molar-refractivity contribution in [1.29, 1.82) is 0 Å². The van der Waals surface area contributed by atoms with Crippen molar-refractivity contribution in [2.24, 2.45) is 11.8 Å². The van der Waals surface area contributed by atoms with Gasteiger partial charge in [0.05, 0.1) is 7.11 Å². The topological polar surface area (TPSA) is 59.6 Å². The minimum Gasteiger partial charge on any atom is -0.493 e. The zero-order valence-corrected chi connectivity index (χ0v) is 18.7. The molecule has 6 heteroatoms. The van der Waals surface area contributed by atoms with Crippen LogP contribution in [0.5, 0.6) is 11.5 Å². The Balaban J connectivity index is 0.00000320. The van der Waals surface area contributed by atoms with Gasteiger partial charge in [0.25, 0.3) is 0 Å². The van der Waals surface area contributed by atoms with Crippen molar-refractivity contribution in [3.8, 4) is 11.5 Å². The van der Waals surface area contributed by atoms with Gasteiger partial charge in [0, 0.05) is 13.0 Å². The van der Waals surface area contributed by atoms with Gasteiger partial charge in [-0.3, -0.25) is 4.79 Å². The van der Waals surface area contributed by atoms with Crippen LogP contribution in [0.1, 0.15) is 37.3 Å². The molecule has 2 atom stereocenters. The van der Waals surface area contributed by atoms with E-state index in [2.05, 4.69) is 17.6 Å². The molecule has 0 aliphatic carbocycles. The Bertz CT molecular complexity index is 779. The highest BCUT2D eigenvalue weighted by Crippen LogP contribution is 2.29. The Hall–Kier alpha value is -2.24. The predicted molar refractivity (Wildman–Crippen MR) is 122 cm³/mol. The van der Waals surface area contributed by atoms with Gasteiger partial charge in [0.1, 0.15) is 6.61 Å². The maximum absolute atomic E-state index is 12.4. The molecule has 1 aliphatic rings. The highest BCUT2D eigenvalue weighted by atomic mass is 35.5. The standard InChI is InChI=1S/C24H32N2O3.ClH/c1-18(21-9-6-12-25-16-21)13-24(27)26-15-20-10-11-22(23(14-20)28-2)29-17-19-7-4-3-5-8-19;/h3-5,7-8,10-11,14,18,21,25H,6,9,12-13,15-17H2,1-2H3,(H,26,27);1H. The van der Waals surface area contributed by atoms with Crippen LogP contribution in [0.25, 0.3) is 0 Å². The number of carbonyl (C=O) groups is 1. The molecule has 1 fully saturated rings. The summed E-state index contributed by atoms with van der Waals surface area (Å²) >= 11 is 0. The molecule has 2 unspecified atom stereocenters. The van der Waals surface area contributed by atoms with E-state index in [-0.39, 0.29) is 18.3 Å². The van der Waals surface area contributed by atoms with E-state index in [9.17, 15) is 4.79 Å². The summed E-state index contributed by atoms with van der Waals surface area (Å²) in [5, 5.41) is 6.47. The Morgan fingerprint density at radius 2 is 1.97 bits per heavy atom. The molecule has 30 heavy (non-hydrogen) atoms. The van der Waals surface area contributed by atoms with E-state index in [1.165, 1.54) is 12.8 Å². The third kappa shape index (κ3) is 7.22. The molecule has 1 amide bonds. The van der Waals surface area contributed by atoms with Gasteiger partial charge in [-0.25, -0.2) is 0 Å². The summed E-state index contributed by atoms with van der Waals surface area (Å²) in [6.07, 6.45) is 2.99. The Morgan fingerprint density at radius 3 is 2.67 bits per heavy atom. The second-order valence-corrected chi connectivity index (χ2v) is 7.82. The van der Waals surface area contributed by atoms with Gasteiger partial charge in [-0.15, -0.1) is 12.4 Å². The lowest BCUT2D eigenvalue weighted by Crippen LogP contribution is -2.35. The first-order chi connectivity index (χ1) is 14.2. The Morgan fingerprint density at radius 1 is 1.17 bits per heavy atom. The average molecular weight is 433 g/mol. The van der Waals surface area contributed by atoms with Crippen LogP contribution in [0.4, 0.5) is 0 Å². The van der Waals surface area contributed by atoms with Crippen LogP contribution in [-0.4, -0.2) is 26.1 Å². The highest BCUT2D eigenvalue weighted by Gasteiger charge is 2.21. The molecular formula is C24H33ClN2O3. The van der Waals surface area contributed by atoms with Gasteiger partial charge >= 0.3 is 0 Å². The number of halogens is 1. The summed E-state index contributed by atoms with van der Waals surface area (Å²) in [5.41, 5.74) is 2.10. The quantitative estimate of drug-likeness (QED) is 0.618. The third-order valence-electron chi connectivity index (χ3n) is 5.60. The second kappa shape index (κ2) is 12.5. The lowest BCUT2D eigenvalue weighted by atomic mass is 9.85. The number of nitrogens with one attached hydrogen (secondary N) is 2. The number of hydrogen-bond acceptors (Lipinski definition) is 4. The number of amides is 1. The van der Waals surface area contributed by atoms with Gasteiger partial charge in [0.15, 0.2) is 11.5 Å². The number of ether oxygens (including phenoxy) is 2. The minimum atomic E-state index is 0. The normalized spacial score (nSPS) is 16.8. The van der Waals surface area contributed by atoms with Crippen LogP contribution in [0.15, 0.2) is 48.5 Å². The molecule has 0 spiro atoms. The fraction of sp³-hybridized carbons (Fsp3) is 0.458. The molecule has 2 N–H and O–H groups in total. The SMILES string of the molecule is COc1cc(CNC(=O)CC(C)C2CCCNC2)ccc1OCc1ccccc1.Cl. The van der Waals surface area contributed by atoms with Gasteiger partial charge < -0.3 is 20.1 Å². The van der Waals surface area contributed by atoms with Crippen LogP contribution >= 0.6 is 12.4 Å². The van der Waals surface area contributed by atoms with Crippen LogP contribution in [0.3, 0.4) is 0 Å². The van der Waals surface area contributed by atoms with E-state index >= 15 is 0 Å². The lowest BCUT2D eigenvalue weighted by Gasteiger charge is -2.28. The molecule has 0 bridgehead atoms. The van der Waals surface area contributed by atoms with Gasteiger partial charge in [-0.2, -0.15) is 0 Å². The van der Waals surface area contributed by atoms with Crippen molar-refractivity contribution in [1.82, 2.24) is 10.6 Å². The first kappa shape index (κ1) is 24.0. The summed E-state index contributed by atoms with van der Waals surface area (Å²) in [6, 6.07) is 15.8. The summed E-state index contributed by atoms with van der Waals surface area (Å²) in [4.78, 5) is 12.4. The second-order valence-electron chi connectivity index (χ2n) is 7.82. The summed E-state index contributed by atoms with van der Waals surface area (Å²) in [5.74, 6) is 2.47. The molecule has 0 radical (unpaired) electrons. The lowest BCUT2D eigenvalue weighted by molar-refractivity contribution is -0.122. The van der Waals surface area contributed by atoms with Crippen molar-refractivity contribution in [3.63, 3.8) is 0 Å². The molecule has 3 rings (SSSR count). The molecule has 1 aliphatic heterocycles. The molecule has 164 valence electrons. The zero-order valence-electron chi connectivity index (χ0n) is 17.9. The summed E-state index contributed by atoms with van der Waals surface area (Å²) < 4.78 is 11.4. The third-order valence-corrected chi connectivity index (χ3v) is 5.60. The van der Waals surface area contributed by atoms with E-state index in [1.54, 1.807) is 7.11 Å². The number of carbonyl (C=O) groups excluding carboxylic acids is 1. The van der Waals surface area contributed by atoms with Gasteiger partial charge in [-0.05, 0) is 61.0 Å². The van der Waals surface area contributed by atoms with Crippen LogP contribution in [0.2, 0.25) is 0 Å². The number of methoxy groups -OCH3 is 1. The number of piperidine rings is 1. The maximum Gasteiger partial charge on any atom is 0.220 e. The number of rotatable bonds is 9. The summed E-state index contributed by atoms with van der Waals surface area (Å²) in [6.45, 7) is 5.28. The van der Waals surface area contributed by atoms with Crippen molar-refractivity contribution >= 4 is 18.3 Å². The van der Waals surface area contributed by atoms with Crippen molar-refractivity contribution in [3.05, 3.63) is 59.7 Å². The molecule has 1 heterocycles. The molecule has 1 saturated heterocycles. The van der Waals surface area contributed by atoms with E-state index in [0.717, 1.165) is 24.2 Å². The predicted octanol–water partition coefficient (Wildman–Crippen LogP) is 4.34. The molecule has 2 aromatic carbocycles. The number of hydrogen-bond donors (Lipinski definition) is 2. The van der Waals surface area contributed by atoms with Crippen molar-refractivity contribution < 1.29 is 14.3 Å². The Kier molecular flexibility index (Phi) is 9.98. The van der Waals surface area contributed by atoms with E-state index < -0.39 is 0 Å². The molecular weight excluding hydrogens is 400 g/mol. The molecule has 5 nitrogen and oxygen atoms in total. The van der Waals surface area contributed by atoms with Crippen LogP contribution < -0.4 is 20.1 Å². The zero-order chi connectivity index (χ0) is 20.5. The monoisotopic (exact) mass is 432 g/mol. The maximum atomic E-state index is 12.4. The number of benzene rings is 2. The average Bonchev–Trinajstić information content (AvgIpc) is 2.77. The fourth-order valence-corrected chi connectivity index (χ4v) is 3.77. The summed E-state index contributed by atoms with van der Waals surface area (Å²) in [7, 11) is 1.63. The fourth-order valence-electron chi connectivity index (χ4n) is 3.77. The van der Waals surface area contributed by atoms with Crippen molar-refractivity contribution in [2.75, 3.05) is 20.2 Å². The van der Waals surface area contributed by atoms with Crippen LogP contribution in [-0.2, 0) is 17.9 Å². The molecule has 0 saturated carbocycles. The molecule has 2 aromatic rings. The highest BCUT2D eigenvalue weighted by molar-refractivity contribution is 5.85. The van der Waals surface area contributed by atoms with E-state index in [4.69, 9.17) is 9.47 Å². The molecule has 0 aromatic heterocycles. The van der Waals surface area contributed by atoms with Gasteiger partial charge in [-0.1, -0.05) is 43.3 Å².